The van der Waals surface area contributed by atoms with Gasteiger partial charge in [0.2, 0.25) is 0 Å². The lowest BCUT2D eigenvalue weighted by atomic mass is 10.9. The van der Waals surface area contributed by atoms with Gasteiger partial charge in [0.1, 0.15) is 0 Å². The lowest BCUT2D eigenvalue weighted by Crippen LogP contribution is -2.39. The molecule has 0 aliphatic rings. The normalized spacial score (nSPS) is 7.43. The Balaban J connectivity index is 0. The summed E-state index contributed by atoms with van der Waals surface area (Å²) in [6.45, 7) is 0. The van der Waals surface area contributed by atoms with E-state index in [4.69, 9.17) is 22.3 Å². The number of hydrogen-bond acceptors (Lipinski definition) is 2. The van der Waals surface area contributed by atoms with Crippen molar-refractivity contribution in [2.75, 3.05) is 0 Å². The minimum Gasteiger partial charge on any atom is -0.370 e. The average molecular weight is 103 g/mol. The molecule has 7 heavy (non-hydrogen) atoms. The Bertz CT molecular complexity index is 86.6. The highest BCUT2D eigenvalue weighted by atomic mass is 15.1. The molecule has 0 unspecified atom stereocenters. The zero-order chi connectivity index (χ0) is 5.86. The number of nitrogens with two attached hydrogens (primary N) is 2. The molecule has 5 heteroatoms. The number of nitrogens with one attached hydrogen (secondary N) is 3. The third kappa shape index (κ3) is 4.74. The summed E-state index contributed by atoms with van der Waals surface area (Å²) >= 11 is 0. The predicted molar refractivity (Wildman–Crippen MR) is 29.1 cm³/mol. The highest BCUT2D eigenvalue weighted by molar-refractivity contribution is 5.93. The van der Waals surface area contributed by atoms with Crippen LogP contribution in [0.1, 0.15) is 1.43 Å². The molecular formula is C2H9N5. The van der Waals surface area contributed by atoms with E-state index in [0.717, 1.165) is 0 Å². The first kappa shape index (κ1) is 5.74. The van der Waals surface area contributed by atoms with Gasteiger partial charge in [-0.25, -0.2) is 0 Å². The summed E-state index contributed by atoms with van der Waals surface area (Å²) in [5.74, 6) is -0.625. The van der Waals surface area contributed by atoms with Gasteiger partial charge in [-0.3, -0.25) is 16.1 Å². The number of hydrogen-bond donors (Lipinski definition) is 5. The fourth-order valence-electron chi connectivity index (χ4n) is 0.145. The summed E-state index contributed by atoms with van der Waals surface area (Å²) in [4.78, 5) is 0. The van der Waals surface area contributed by atoms with Crippen molar-refractivity contribution < 1.29 is 1.43 Å². The maximum Gasteiger partial charge on any atom is 0.192 e. The molecular weight excluding hydrogens is 94.1 g/mol. The molecule has 0 atom stereocenters. The molecule has 0 saturated heterocycles. The second-order valence-electron chi connectivity index (χ2n) is 0.952. The van der Waals surface area contributed by atoms with Crippen molar-refractivity contribution in [3.63, 3.8) is 0 Å². The maximum absolute atomic E-state index is 6.47. The van der Waals surface area contributed by atoms with Crippen LogP contribution in [0.3, 0.4) is 0 Å². The van der Waals surface area contributed by atoms with Gasteiger partial charge in [0, 0.05) is 1.43 Å². The monoisotopic (exact) mass is 103 g/mol. The summed E-state index contributed by atoms with van der Waals surface area (Å²) in [5.41, 5.74) is 9.49. The van der Waals surface area contributed by atoms with Gasteiger partial charge in [-0.2, -0.15) is 0 Å². The minimum atomic E-state index is -0.312. The largest absolute Gasteiger partial charge is 0.370 e. The van der Waals surface area contributed by atoms with Crippen LogP contribution in [0.15, 0.2) is 0 Å². The lowest BCUT2D eigenvalue weighted by molar-refractivity contribution is 1.19. The van der Waals surface area contributed by atoms with E-state index < -0.39 is 0 Å². The third-order valence-electron chi connectivity index (χ3n) is 0.269. The van der Waals surface area contributed by atoms with Gasteiger partial charge in [-0.15, -0.1) is 0 Å². The summed E-state index contributed by atoms with van der Waals surface area (Å²) in [6, 6.07) is 0. The van der Waals surface area contributed by atoms with E-state index in [1.165, 1.54) is 0 Å². The molecule has 0 amide bonds. The molecule has 0 bridgehead atoms. The third-order valence-corrected chi connectivity index (χ3v) is 0.269. The first-order valence-electron chi connectivity index (χ1n) is 1.58. The molecule has 0 spiro atoms. The van der Waals surface area contributed by atoms with Crippen LogP contribution in [0.25, 0.3) is 0 Å². The van der Waals surface area contributed by atoms with Gasteiger partial charge in [0.25, 0.3) is 0 Å². The molecule has 0 aliphatic heterocycles. The summed E-state index contributed by atoms with van der Waals surface area (Å²) < 4.78 is 0. The van der Waals surface area contributed by atoms with Crippen LogP contribution in [0.4, 0.5) is 0 Å². The van der Waals surface area contributed by atoms with Crippen LogP contribution in [-0.2, 0) is 0 Å². The first-order chi connectivity index (χ1) is 3.13. The van der Waals surface area contributed by atoms with Crippen molar-refractivity contribution in [2.24, 2.45) is 11.5 Å². The van der Waals surface area contributed by atoms with Crippen LogP contribution in [0.2, 0.25) is 0 Å². The molecule has 42 valence electrons. The first-order valence-corrected chi connectivity index (χ1v) is 1.58. The van der Waals surface area contributed by atoms with Crippen LogP contribution >= 0.6 is 0 Å². The van der Waals surface area contributed by atoms with E-state index in [9.17, 15) is 0 Å². The highest BCUT2D eigenvalue weighted by Crippen LogP contribution is 1.44. The van der Waals surface area contributed by atoms with Gasteiger partial charge in [-0.05, 0) is 0 Å². The van der Waals surface area contributed by atoms with Gasteiger partial charge in [-0.1, -0.05) is 0 Å². The lowest BCUT2D eigenvalue weighted by Gasteiger charge is -1.95. The Labute approximate surface area is 42.2 Å². The maximum atomic E-state index is 6.47. The zero-order valence-electron chi connectivity index (χ0n) is 3.65. The van der Waals surface area contributed by atoms with Crippen molar-refractivity contribution in [1.82, 2.24) is 5.32 Å². The molecule has 0 heterocycles. The van der Waals surface area contributed by atoms with E-state index in [1.807, 2.05) is 5.32 Å². The van der Waals surface area contributed by atoms with E-state index in [0.29, 0.717) is 0 Å². The number of rotatable bonds is 0. The summed E-state index contributed by atoms with van der Waals surface area (Å²) in [7, 11) is 0. The Kier molecular flexibility index (Phi) is 1.65. The van der Waals surface area contributed by atoms with Crippen LogP contribution in [0.5, 0.6) is 0 Å². The molecule has 0 rings (SSSR count). The van der Waals surface area contributed by atoms with Crippen LogP contribution in [-0.4, -0.2) is 11.9 Å². The Morgan fingerprint density at radius 1 is 1.29 bits per heavy atom. The van der Waals surface area contributed by atoms with E-state index >= 15 is 0 Å². The van der Waals surface area contributed by atoms with E-state index in [1.54, 1.807) is 0 Å². The molecule has 0 fully saturated rings. The summed E-state index contributed by atoms with van der Waals surface area (Å²) in [6.07, 6.45) is 0. The molecule has 0 aromatic heterocycles. The smallest absolute Gasteiger partial charge is 0.192 e. The summed E-state index contributed by atoms with van der Waals surface area (Å²) in [5, 5.41) is 15.0. The topological polar surface area (TPSA) is 112 Å². The predicted octanol–water partition coefficient (Wildman–Crippen LogP) is -1.39. The van der Waals surface area contributed by atoms with Crippen molar-refractivity contribution in [2.45, 2.75) is 0 Å². The standard InChI is InChI=1S/C2H7N5.H2/c3-1(4)7-2(5)6;/h(H7,3,4,5,6,7);1H. The Morgan fingerprint density at radius 3 is 1.57 bits per heavy atom. The number of guanidine groups is 2. The van der Waals surface area contributed by atoms with Crippen molar-refractivity contribution >= 4 is 11.9 Å². The van der Waals surface area contributed by atoms with Crippen LogP contribution in [0, 0.1) is 10.8 Å². The van der Waals surface area contributed by atoms with Gasteiger partial charge in [0.15, 0.2) is 11.9 Å². The molecule has 0 aromatic carbocycles. The molecule has 0 aliphatic carbocycles. The van der Waals surface area contributed by atoms with Gasteiger partial charge < -0.3 is 11.5 Å². The van der Waals surface area contributed by atoms with E-state index in [-0.39, 0.29) is 13.3 Å². The second kappa shape index (κ2) is 2.01. The van der Waals surface area contributed by atoms with Gasteiger partial charge >= 0.3 is 0 Å². The Morgan fingerprint density at radius 2 is 1.57 bits per heavy atom. The van der Waals surface area contributed by atoms with Crippen molar-refractivity contribution in [1.29, 1.82) is 10.8 Å². The fourth-order valence-corrected chi connectivity index (χ4v) is 0.145. The average Bonchev–Trinajstić information content (AvgIpc) is 1.27. The van der Waals surface area contributed by atoms with Crippen LogP contribution < -0.4 is 16.8 Å². The molecule has 5 nitrogen and oxygen atoms in total. The molecule has 0 aromatic rings. The Hall–Kier alpha value is -1.26. The molecule has 0 radical (unpaired) electrons. The highest BCUT2D eigenvalue weighted by Gasteiger charge is 1.83. The van der Waals surface area contributed by atoms with E-state index in [2.05, 4.69) is 0 Å². The van der Waals surface area contributed by atoms with Crippen molar-refractivity contribution in [3.05, 3.63) is 0 Å². The quantitative estimate of drug-likeness (QED) is 0.192. The zero-order valence-corrected chi connectivity index (χ0v) is 3.65. The second-order valence-corrected chi connectivity index (χ2v) is 0.952. The van der Waals surface area contributed by atoms with Gasteiger partial charge in [0.05, 0.1) is 0 Å². The minimum absolute atomic E-state index is 0. The van der Waals surface area contributed by atoms with Crippen molar-refractivity contribution in [3.8, 4) is 0 Å². The molecule has 0 saturated carbocycles. The fraction of sp³-hybridized carbons (Fsp3) is 0. The SMILES string of the molecule is N=C(N)NC(=N)N.[HH]. The molecule has 7 N–H and O–H groups in total.